The molecule has 0 heterocycles. The molecule has 0 aliphatic heterocycles. The van der Waals surface area contributed by atoms with Crippen LogP contribution in [0.1, 0.15) is 13.8 Å². The molecule has 1 rings (SSSR count). The third kappa shape index (κ3) is 4.32. The van der Waals surface area contributed by atoms with Gasteiger partial charge >= 0.3 is 0 Å². The molecule has 0 fully saturated rings. The molecule has 96 valence electrons. The van der Waals surface area contributed by atoms with Crippen molar-refractivity contribution in [1.82, 2.24) is 0 Å². The van der Waals surface area contributed by atoms with Gasteiger partial charge in [0.25, 0.3) is 0 Å². The van der Waals surface area contributed by atoms with Crippen molar-refractivity contribution < 1.29 is 4.74 Å². The van der Waals surface area contributed by atoms with E-state index in [1.165, 1.54) is 0 Å². The van der Waals surface area contributed by atoms with E-state index in [-0.39, 0.29) is 6.04 Å². The number of nitrogens with one attached hydrogen (secondary N) is 1. The Balaban J connectivity index is 2.93. The molecule has 2 nitrogen and oxygen atoms in total. The molecule has 0 aliphatic rings. The van der Waals surface area contributed by atoms with Crippen LogP contribution in [0.4, 0.5) is 5.69 Å². The monoisotopic (exact) mass is 339 g/mol. The second-order valence-electron chi connectivity index (χ2n) is 4.19. The molecule has 0 spiro atoms. The van der Waals surface area contributed by atoms with E-state index < -0.39 is 0 Å². The van der Waals surface area contributed by atoms with Gasteiger partial charge in [-0.05, 0) is 18.1 Å². The van der Waals surface area contributed by atoms with E-state index in [2.05, 4.69) is 35.1 Å². The maximum absolute atomic E-state index is 6.17. The van der Waals surface area contributed by atoms with Gasteiger partial charge in [-0.2, -0.15) is 0 Å². The zero-order valence-electron chi connectivity index (χ0n) is 10.1. The van der Waals surface area contributed by atoms with Crippen molar-refractivity contribution in [2.24, 2.45) is 5.92 Å². The summed E-state index contributed by atoms with van der Waals surface area (Å²) in [6.07, 6.45) is 0. The standard InChI is InChI=1S/C12H16BrCl2NO/c1-7(2)11(6-17-3)16-12-9(14)4-8(13)5-10(12)15/h4-5,7,11,16H,6H2,1-3H3. The summed E-state index contributed by atoms with van der Waals surface area (Å²) in [6, 6.07) is 3.82. The quantitative estimate of drug-likeness (QED) is 0.828. The highest BCUT2D eigenvalue weighted by atomic mass is 79.9. The molecule has 0 saturated carbocycles. The number of benzene rings is 1. The van der Waals surface area contributed by atoms with Crippen LogP contribution in [0.15, 0.2) is 16.6 Å². The molecule has 1 aromatic rings. The van der Waals surface area contributed by atoms with E-state index in [9.17, 15) is 0 Å². The van der Waals surface area contributed by atoms with Gasteiger partial charge in [-0.25, -0.2) is 0 Å². The topological polar surface area (TPSA) is 21.3 Å². The third-order valence-electron chi connectivity index (χ3n) is 2.49. The fourth-order valence-electron chi connectivity index (χ4n) is 1.45. The normalized spacial score (nSPS) is 12.9. The second kappa shape index (κ2) is 6.83. The second-order valence-corrected chi connectivity index (χ2v) is 5.92. The zero-order chi connectivity index (χ0) is 13.0. The lowest BCUT2D eigenvalue weighted by Gasteiger charge is -2.24. The van der Waals surface area contributed by atoms with E-state index in [1.807, 2.05) is 12.1 Å². The summed E-state index contributed by atoms with van der Waals surface area (Å²) in [5, 5.41) is 4.54. The average Bonchev–Trinajstić information content (AvgIpc) is 2.21. The zero-order valence-corrected chi connectivity index (χ0v) is 13.2. The Labute approximate surface area is 121 Å². The Hall–Kier alpha value is 0.0400. The van der Waals surface area contributed by atoms with Crippen LogP contribution in [-0.2, 0) is 4.74 Å². The molecule has 5 heteroatoms. The van der Waals surface area contributed by atoms with Gasteiger partial charge in [-0.3, -0.25) is 0 Å². The largest absolute Gasteiger partial charge is 0.383 e. The smallest absolute Gasteiger partial charge is 0.0722 e. The Morgan fingerprint density at radius 3 is 2.24 bits per heavy atom. The molecule has 0 amide bonds. The highest BCUT2D eigenvalue weighted by molar-refractivity contribution is 9.10. The van der Waals surface area contributed by atoms with Gasteiger partial charge in [0.1, 0.15) is 0 Å². The Kier molecular flexibility index (Phi) is 6.07. The lowest BCUT2D eigenvalue weighted by atomic mass is 10.1. The van der Waals surface area contributed by atoms with Crippen LogP contribution in [0, 0.1) is 5.92 Å². The van der Waals surface area contributed by atoms with Gasteiger partial charge in [-0.15, -0.1) is 0 Å². The number of ether oxygens (including phenoxy) is 1. The molecule has 0 aliphatic carbocycles. The van der Waals surface area contributed by atoms with Gasteiger partial charge < -0.3 is 10.1 Å². The van der Waals surface area contributed by atoms with Crippen LogP contribution < -0.4 is 5.32 Å². The number of anilines is 1. The van der Waals surface area contributed by atoms with E-state index in [0.29, 0.717) is 22.6 Å². The average molecular weight is 341 g/mol. The molecule has 0 bridgehead atoms. The highest BCUT2D eigenvalue weighted by Crippen LogP contribution is 2.34. The van der Waals surface area contributed by atoms with Gasteiger partial charge in [0.05, 0.1) is 28.4 Å². The highest BCUT2D eigenvalue weighted by Gasteiger charge is 2.16. The molecule has 1 aromatic carbocycles. The summed E-state index contributed by atoms with van der Waals surface area (Å²) in [5.41, 5.74) is 0.757. The summed E-state index contributed by atoms with van der Waals surface area (Å²) in [7, 11) is 1.68. The summed E-state index contributed by atoms with van der Waals surface area (Å²) < 4.78 is 6.05. The van der Waals surface area contributed by atoms with Gasteiger partial charge in [-0.1, -0.05) is 53.0 Å². The van der Waals surface area contributed by atoms with Crippen molar-refractivity contribution >= 4 is 44.8 Å². The van der Waals surface area contributed by atoms with Gasteiger partial charge in [0.15, 0.2) is 0 Å². The first-order valence-corrected chi connectivity index (χ1v) is 6.90. The number of hydrogen-bond acceptors (Lipinski definition) is 2. The van der Waals surface area contributed by atoms with Crippen molar-refractivity contribution in [2.45, 2.75) is 19.9 Å². The molecular formula is C12H16BrCl2NO. The summed E-state index contributed by atoms with van der Waals surface area (Å²) in [5.74, 6) is 0.422. The van der Waals surface area contributed by atoms with Crippen LogP contribution in [-0.4, -0.2) is 19.8 Å². The summed E-state index contributed by atoms with van der Waals surface area (Å²) >= 11 is 15.7. The molecule has 1 N–H and O–H groups in total. The lowest BCUT2D eigenvalue weighted by Crippen LogP contribution is -2.30. The molecule has 1 unspecified atom stereocenters. The molecule has 0 saturated heterocycles. The number of halogens is 3. The Bertz CT molecular complexity index is 362. The van der Waals surface area contributed by atoms with Crippen LogP contribution in [0.3, 0.4) is 0 Å². The van der Waals surface area contributed by atoms with Crippen LogP contribution in [0.2, 0.25) is 10.0 Å². The maximum atomic E-state index is 6.17. The first kappa shape index (κ1) is 15.1. The Morgan fingerprint density at radius 2 is 1.82 bits per heavy atom. The predicted octanol–water partition coefficient (Wildman–Crippen LogP) is 4.84. The van der Waals surface area contributed by atoms with Crippen LogP contribution in [0.25, 0.3) is 0 Å². The molecular weight excluding hydrogens is 325 g/mol. The van der Waals surface area contributed by atoms with E-state index in [1.54, 1.807) is 7.11 Å². The summed E-state index contributed by atoms with van der Waals surface area (Å²) in [6.45, 7) is 4.86. The lowest BCUT2D eigenvalue weighted by molar-refractivity contribution is 0.171. The van der Waals surface area contributed by atoms with E-state index in [4.69, 9.17) is 27.9 Å². The minimum atomic E-state index is 0.177. The predicted molar refractivity (Wildman–Crippen MR) is 78.3 cm³/mol. The van der Waals surface area contributed by atoms with E-state index in [0.717, 1.165) is 10.2 Å². The fourth-order valence-corrected chi connectivity index (χ4v) is 2.76. The minimum absolute atomic E-state index is 0.177. The van der Waals surface area contributed by atoms with Crippen molar-refractivity contribution in [3.63, 3.8) is 0 Å². The van der Waals surface area contributed by atoms with Gasteiger partial charge in [0, 0.05) is 11.6 Å². The van der Waals surface area contributed by atoms with Crippen LogP contribution >= 0.6 is 39.1 Å². The van der Waals surface area contributed by atoms with Crippen molar-refractivity contribution in [3.05, 3.63) is 26.7 Å². The van der Waals surface area contributed by atoms with Crippen molar-refractivity contribution in [3.8, 4) is 0 Å². The minimum Gasteiger partial charge on any atom is -0.383 e. The number of hydrogen-bond donors (Lipinski definition) is 1. The molecule has 17 heavy (non-hydrogen) atoms. The first-order chi connectivity index (χ1) is 7.95. The maximum Gasteiger partial charge on any atom is 0.0722 e. The summed E-state index contributed by atoms with van der Waals surface area (Å²) in [4.78, 5) is 0. The van der Waals surface area contributed by atoms with E-state index >= 15 is 0 Å². The molecule has 1 atom stereocenters. The first-order valence-electron chi connectivity index (χ1n) is 5.35. The fraction of sp³-hybridized carbons (Fsp3) is 0.500. The van der Waals surface area contributed by atoms with Gasteiger partial charge in [0.2, 0.25) is 0 Å². The molecule has 0 radical (unpaired) electrons. The van der Waals surface area contributed by atoms with Crippen molar-refractivity contribution in [1.29, 1.82) is 0 Å². The van der Waals surface area contributed by atoms with Crippen LogP contribution in [0.5, 0.6) is 0 Å². The third-order valence-corrected chi connectivity index (χ3v) is 3.54. The number of rotatable bonds is 5. The molecule has 0 aromatic heterocycles. The number of methoxy groups -OCH3 is 1. The SMILES string of the molecule is COCC(Nc1c(Cl)cc(Br)cc1Cl)C(C)C. The van der Waals surface area contributed by atoms with Crippen molar-refractivity contribution in [2.75, 3.05) is 19.0 Å². The Morgan fingerprint density at radius 1 is 1.29 bits per heavy atom.